The molecule has 3 atom stereocenters. The monoisotopic (exact) mass is 483 g/mol. The summed E-state index contributed by atoms with van der Waals surface area (Å²) < 4.78 is 0. The molecule has 5 rings (SSSR count). The number of amides is 2. The van der Waals surface area contributed by atoms with E-state index < -0.39 is 34.8 Å². The van der Waals surface area contributed by atoms with Crippen molar-refractivity contribution in [3.05, 3.63) is 98.5 Å². The van der Waals surface area contributed by atoms with Gasteiger partial charge < -0.3 is 0 Å². The van der Waals surface area contributed by atoms with Crippen molar-refractivity contribution in [2.24, 2.45) is 5.92 Å². The van der Waals surface area contributed by atoms with Gasteiger partial charge in [-0.1, -0.05) is 53.5 Å². The maximum absolute atomic E-state index is 13.6. The largest absolute Gasteiger partial charge is 0.273 e. The van der Waals surface area contributed by atoms with Crippen LogP contribution in [0.25, 0.3) is 0 Å². The molecule has 2 heterocycles. The zero-order valence-corrected chi connectivity index (χ0v) is 18.3. The minimum Gasteiger partial charge on any atom is -0.273 e. The maximum atomic E-state index is 13.6. The van der Waals surface area contributed by atoms with Crippen molar-refractivity contribution in [2.75, 3.05) is 9.96 Å². The third-order valence-electron chi connectivity index (χ3n) is 5.71. The van der Waals surface area contributed by atoms with E-state index in [1.54, 1.807) is 30.3 Å². The number of rotatable bonds is 4. The van der Waals surface area contributed by atoms with E-state index in [2.05, 4.69) is 0 Å². The van der Waals surface area contributed by atoms with E-state index in [1.165, 1.54) is 29.3 Å². The number of fused-ring (bicyclic) bond motifs is 1. The predicted molar refractivity (Wildman–Crippen MR) is 122 cm³/mol. The molecule has 8 nitrogen and oxygen atoms in total. The fraction of sp³-hybridized carbons (Fsp3) is 0.130. The molecule has 0 radical (unpaired) electrons. The number of carbonyl (C=O) groups is 2. The SMILES string of the molecule is O=C1C2ON(c3ccccc3)C(c3ccc(Cl)cc3Cl)C2C(=O)N1c1cccc([N+](=O)[O-])c1. The Hall–Kier alpha value is -3.46. The minimum atomic E-state index is -1.12. The van der Waals surface area contributed by atoms with Crippen LogP contribution in [0.2, 0.25) is 10.0 Å². The van der Waals surface area contributed by atoms with E-state index in [1.807, 2.05) is 18.2 Å². The Balaban J connectivity index is 1.60. The molecule has 0 N–H and O–H groups in total. The summed E-state index contributed by atoms with van der Waals surface area (Å²) in [5.41, 5.74) is 1.10. The molecule has 0 bridgehead atoms. The maximum Gasteiger partial charge on any atom is 0.271 e. The lowest BCUT2D eigenvalue weighted by atomic mass is 9.90. The third kappa shape index (κ3) is 3.52. The lowest BCUT2D eigenvalue weighted by molar-refractivity contribution is -0.384. The summed E-state index contributed by atoms with van der Waals surface area (Å²) in [5, 5.41) is 13.5. The van der Waals surface area contributed by atoms with E-state index >= 15 is 0 Å². The van der Waals surface area contributed by atoms with Crippen molar-refractivity contribution in [1.82, 2.24) is 0 Å². The molecule has 0 aliphatic carbocycles. The van der Waals surface area contributed by atoms with Gasteiger partial charge in [-0.05, 0) is 35.9 Å². The molecule has 2 saturated heterocycles. The quantitative estimate of drug-likeness (QED) is 0.296. The summed E-state index contributed by atoms with van der Waals surface area (Å²) >= 11 is 12.6. The van der Waals surface area contributed by atoms with Crippen LogP contribution < -0.4 is 9.96 Å². The molecule has 166 valence electrons. The molecular formula is C23H15Cl2N3O5. The van der Waals surface area contributed by atoms with Crippen LogP contribution in [-0.4, -0.2) is 22.8 Å². The molecule has 2 aliphatic rings. The smallest absolute Gasteiger partial charge is 0.271 e. The highest BCUT2D eigenvalue weighted by Crippen LogP contribution is 2.49. The number of carbonyl (C=O) groups excluding carboxylic acids is 2. The van der Waals surface area contributed by atoms with Gasteiger partial charge in [-0.15, -0.1) is 0 Å². The average molecular weight is 484 g/mol. The number of nitro benzene ring substituents is 1. The Morgan fingerprint density at radius 2 is 1.61 bits per heavy atom. The second-order valence-corrected chi connectivity index (χ2v) is 8.46. The van der Waals surface area contributed by atoms with Gasteiger partial charge in [-0.3, -0.25) is 24.5 Å². The minimum absolute atomic E-state index is 0.115. The highest BCUT2D eigenvalue weighted by Gasteiger charge is 2.60. The number of hydroxylamine groups is 1. The first-order chi connectivity index (χ1) is 15.9. The number of hydrogen-bond donors (Lipinski definition) is 0. The van der Waals surface area contributed by atoms with Crippen molar-refractivity contribution in [3.63, 3.8) is 0 Å². The normalized spacial score (nSPS) is 22.1. The van der Waals surface area contributed by atoms with Crippen LogP contribution in [0.15, 0.2) is 72.8 Å². The Morgan fingerprint density at radius 3 is 2.30 bits per heavy atom. The zero-order valence-electron chi connectivity index (χ0n) is 16.8. The average Bonchev–Trinajstić information content (AvgIpc) is 3.30. The molecule has 0 spiro atoms. The van der Waals surface area contributed by atoms with Gasteiger partial charge in [-0.2, -0.15) is 0 Å². The highest BCUT2D eigenvalue weighted by molar-refractivity contribution is 6.35. The summed E-state index contributed by atoms with van der Waals surface area (Å²) in [4.78, 5) is 44.5. The summed E-state index contributed by atoms with van der Waals surface area (Å²) in [5.74, 6) is -2.05. The molecule has 33 heavy (non-hydrogen) atoms. The van der Waals surface area contributed by atoms with Gasteiger partial charge in [0.2, 0.25) is 5.91 Å². The van der Waals surface area contributed by atoms with E-state index in [0.717, 1.165) is 4.90 Å². The second-order valence-electron chi connectivity index (χ2n) is 7.61. The van der Waals surface area contributed by atoms with Gasteiger partial charge in [0, 0.05) is 22.2 Å². The molecule has 10 heteroatoms. The molecular weight excluding hydrogens is 469 g/mol. The number of nitro groups is 1. The number of imide groups is 1. The number of para-hydroxylation sites is 1. The molecule has 3 aromatic rings. The number of benzene rings is 3. The lowest BCUT2D eigenvalue weighted by Crippen LogP contribution is -2.37. The molecule has 0 aromatic heterocycles. The van der Waals surface area contributed by atoms with Crippen LogP contribution in [-0.2, 0) is 14.4 Å². The zero-order chi connectivity index (χ0) is 23.3. The number of anilines is 2. The molecule has 3 unspecified atom stereocenters. The molecule has 3 aromatic carbocycles. The first-order valence-corrected chi connectivity index (χ1v) is 10.7. The van der Waals surface area contributed by atoms with Crippen molar-refractivity contribution in [1.29, 1.82) is 0 Å². The van der Waals surface area contributed by atoms with Crippen molar-refractivity contribution >= 4 is 52.1 Å². The summed E-state index contributed by atoms with van der Waals surface area (Å²) in [6.45, 7) is 0. The Kier molecular flexibility index (Phi) is 5.28. The van der Waals surface area contributed by atoms with Crippen molar-refractivity contribution < 1.29 is 19.3 Å². The van der Waals surface area contributed by atoms with E-state index in [4.69, 9.17) is 28.0 Å². The Bertz CT molecular complexity index is 1290. The Labute approximate surface area is 198 Å². The summed E-state index contributed by atoms with van der Waals surface area (Å²) in [6.07, 6.45) is -1.12. The van der Waals surface area contributed by atoms with Gasteiger partial charge in [-0.25, -0.2) is 9.96 Å². The number of halogens is 2. The number of non-ortho nitro benzene ring substituents is 1. The predicted octanol–water partition coefficient (Wildman–Crippen LogP) is 4.95. The summed E-state index contributed by atoms with van der Waals surface area (Å²) in [6, 6.07) is 18.6. The third-order valence-corrected chi connectivity index (χ3v) is 6.27. The molecule has 2 aliphatic heterocycles. The number of hydrogen-bond acceptors (Lipinski definition) is 6. The van der Waals surface area contributed by atoms with Crippen molar-refractivity contribution in [3.8, 4) is 0 Å². The second kappa shape index (κ2) is 8.15. The van der Waals surface area contributed by atoms with Gasteiger partial charge >= 0.3 is 0 Å². The van der Waals surface area contributed by atoms with Crippen LogP contribution in [0.3, 0.4) is 0 Å². The van der Waals surface area contributed by atoms with Crippen molar-refractivity contribution in [2.45, 2.75) is 12.1 Å². The standard InChI is InChI=1S/C23H15Cl2N3O5/c24-13-9-10-17(18(25)11-13)20-19-21(33-27(20)14-5-2-1-3-6-14)23(30)26(22(19)29)15-7-4-8-16(12-15)28(31)32/h1-12,19-21H. The fourth-order valence-corrected chi connectivity index (χ4v) is 4.79. The fourth-order valence-electron chi connectivity index (χ4n) is 4.27. The van der Waals surface area contributed by atoms with Crippen LogP contribution in [0, 0.1) is 16.0 Å². The first-order valence-electron chi connectivity index (χ1n) is 9.95. The van der Waals surface area contributed by atoms with Gasteiger partial charge in [0.15, 0.2) is 6.10 Å². The van der Waals surface area contributed by atoms with E-state index in [-0.39, 0.29) is 11.4 Å². The van der Waals surface area contributed by atoms with Crippen LogP contribution in [0.5, 0.6) is 0 Å². The van der Waals surface area contributed by atoms with Crippen LogP contribution in [0.4, 0.5) is 17.1 Å². The van der Waals surface area contributed by atoms with Gasteiger partial charge in [0.25, 0.3) is 11.6 Å². The topological polar surface area (TPSA) is 93.0 Å². The lowest BCUT2D eigenvalue weighted by Gasteiger charge is -2.29. The highest BCUT2D eigenvalue weighted by atomic mass is 35.5. The molecule has 0 saturated carbocycles. The first kappa shape index (κ1) is 21.4. The molecule has 2 amide bonds. The van der Waals surface area contributed by atoms with E-state index in [0.29, 0.717) is 21.3 Å². The van der Waals surface area contributed by atoms with E-state index in [9.17, 15) is 19.7 Å². The molecule has 2 fully saturated rings. The van der Waals surface area contributed by atoms with Gasteiger partial charge in [0.05, 0.1) is 22.3 Å². The van der Waals surface area contributed by atoms with Crippen LogP contribution >= 0.6 is 23.2 Å². The number of nitrogens with zero attached hydrogens (tertiary/aromatic N) is 3. The summed E-state index contributed by atoms with van der Waals surface area (Å²) in [7, 11) is 0. The Morgan fingerprint density at radius 1 is 0.879 bits per heavy atom. The van der Waals surface area contributed by atoms with Gasteiger partial charge in [0.1, 0.15) is 5.92 Å². The van der Waals surface area contributed by atoms with Crippen LogP contribution in [0.1, 0.15) is 11.6 Å².